The Hall–Kier alpha value is -0.320. The van der Waals surface area contributed by atoms with Crippen molar-refractivity contribution in [3.8, 4) is 0 Å². The third-order valence-corrected chi connectivity index (χ3v) is 3.63. The van der Waals surface area contributed by atoms with Gasteiger partial charge >= 0.3 is 0 Å². The van der Waals surface area contributed by atoms with Crippen LogP contribution >= 0.6 is 22.9 Å². The lowest BCUT2D eigenvalue weighted by molar-refractivity contribution is 0.0449. The smallest absolute Gasteiger partial charge is 0.186 e. The Balaban J connectivity index is 2.12. The highest BCUT2D eigenvalue weighted by atomic mass is 35.5. The molecule has 0 saturated carbocycles. The maximum atomic E-state index is 9.92. The Labute approximate surface area is 92.3 Å². The average molecular weight is 233 g/mol. The molecule has 0 spiro atoms. The zero-order chi connectivity index (χ0) is 10.2. The summed E-state index contributed by atoms with van der Waals surface area (Å²) in [6.07, 6.45) is 1.87. The second kappa shape index (κ2) is 3.68. The summed E-state index contributed by atoms with van der Waals surface area (Å²) in [6.45, 7) is 3.48. The molecule has 1 saturated heterocycles. The fraction of sp³-hybridized carbons (Fsp3) is 0.667. The summed E-state index contributed by atoms with van der Waals surface area (Å²) in [7, 11) is 0. The number of piperidine rings is 1. The van der Waals surface area contributed by atoms with Crippen LogP contribution in [0.5, 0.6) is 0 Å². The van der Waals surface area contributed by atoms with Crippen molar-refractivity contribution in [2.24, 2.45) is 0 Å². The molecule has 2 heterocycles. The highest BCUT2D eigenvalue weighted by Gasteiger charge is 2.29. The molecule has 0 bridgehead atoms. The van der Waals surface area contributed by atoms with Gasteiger partial charge in [0.15, 0.2) is 5.13 Å². The molecule has 1 unspecified atom stereocenters. The zero-order valence-electron chi connectivity index (χ0n) is 8.03. The third-order valence-electron chi connectivity index (χ3n) is 2.41. The maximum absolute atomic E-state index is 9.92. The van der Waals surface area contributed by atoms with Crippen molar-refractivity contribution < 1.29 is 5.11 Å². The Morgan fingerprint density at radius 1 is 1.71 bits per heavy atom. The van der Waals surface area contributed by atoms with E-state index in [1.54, 1.807) is 0 Å². The summed E-state index contributed by atoms with van der Waals surface area (Å²) in [4.78, 5) is 6.30. The largest absolute Gasteiger partial charge is 0.388 e. The molecule has 1 aliphatic rings. The molecule has 0 amide bonds. The molecule has 1 aliphatic heterocycles. The van der Waals surface area contributed by atoms with Gasteiger partial charge in [-0.25, -0.2) is 4.98 Å². The van der Waals surface area contributed by atoms with Crippen LogP contribution in [0.4, 0.5) is 5.13 Å². The van der Waals surface area contributed by atoms with Gasteiger partial charge < -0.3 is 10.0 Å². The minimum Gasteiger partial charge on any atom is -0.388 e. The van der Waals surface area contributed by atoms with E-state index in [0.717, 1.165) is 24.5 Å². The fourth-order valence-corrected chi connectivity index (χ4v) is 2.75. The first-order valence-corrected chi connectivity index (χ1v) is 5.91. The van der Waals surface area contributed by atoms with Gasteiger partial charge in [-0.05, 0) is 19.8 Å². The van der Waals surface area contributed by atoms with Gasteiger partial charge in [0.25, 0.3) is 0 Å². The van der Waals surface area contributed by atoms with Gasteiger partial charge in [0, 0.05) is 18.5 Å². The predicted octanol–water partition coefficient (Wildman–Crippen LogP) is 2.15. The highest BCUT2D eigenvalue weighted by Crippen LogP contribution is 2.29. The van der Waals surface area contributed by atoms with E-state index in [1.165, 1.54) is 11.3 Å². The minimum atomic E-state index is -0.587. The van der Waals surface area contributed by atoms with Crippen molar-refractivity contribution in [3.63, 3.8) is 0 Å². The number of aliphatic hydroxyl groups is 1. The molecular weight excluding hydrogens is 220 g/mol. The van der Waals surface area contributed by atoms with Gasteiger partial charge in [0.05, 0.1) is 5.60 Å². The molecule has 0 aliphatic carbocycles. The number of hydrogen-bond donors (Lipinski definition) is 1. The van der Waals surface area contributed by atoms with Crippen molar-refractivity contribution >= 4 is 28.1 Å². The quantitative estimate of drug-likeness (QED) is 0.806. The van der Waals surface area contributed by atoms with E-state index in [9.17, 15) is 5.11 Å². The van der Waals surface area contributed by atoms with Crippen molar-refractivity contribution in [2.75, 3.05) is 18.0 Å². The van der Waals surface area contributed by atoms with E-state index in [-0.39, 0.29) is 0 Å². The third kappa shape index (κ3) is 2.19. The van der Waals surface area contributed by atoms with E-state index >= 15 is 0 Å². The monoisotopic (exact) mass is 232 g/mol. The lowest BCUT2D eigenvalue weighted by Crippen LogP contribution is -2.46. The van der Waals surface area contributed by atoms with Crippen LogP contribution in [-0.4, -0.2) is 28.8 Å². The van der Waals surface area contributed by atoms with Gasteiger partial charge in [0.2, 0.25) is 0 Å². The van der Waals surface area contributed by atoms with Crippen LogP contribution in [0.25, 0.3) is 0 Å². The topological polar surface area (TPSA) is 36.4 Å². The minimum absolute atomic E-state index is 0.537. The summed E-state index contributed by atoms with van der Waals surface area (Å²) < 4.78 is 0. The van der Waals surface area contributed by atoms with E-state index in [1.807, 2.05) is 12.3 Å². The maximum Gasteiger partial charge on any atom is 0.186 e. The van der Waals surface area contributed by atoms with E-state index in [4.69, 9.17) is 11.6 Å². The summed E-state index contributed by atoms with van der Waals surface area (Å²) in [6, 6.07) is 0. The predicted molar refractivity (Wildman–Crippen MR) is 59.2 cm³/mol. The van der Waals surface area contributed by atoms with Crippen LogP contribution < -0.4 is 4.90 Å². The lowest BCUT2D eigenvalue weighted by Gasteiger charge is -2.36. The number of rotatable bonds is 1. The Morgan fingerprint density at radius 2 is 2.50 bits per heavy atom. The molecular formula is C9H13ClN2OS. The molecule has 5 heteroatoms. The summed E-state index contributed by atoms with van der Waals surface area (Å²) in [5.41, 5.74) is -0.587. The Bertz CT molecular complexity index is 326. The first kappa shape index (κ1) is 10.2. The molecule has 1 aromatic rings. The number of β-amino-alcohol motifs (C(OH)–C–C–N with tert-alkyl or cyclic N) is 1. The summed E-state index contributed by atoms with van der Waals surface area (Å²) in [5, 5.41) is 13.2. The zero-order valence-corrected chi connectivity index (χ0v) is 9.61. The molecule has 1 atom stereocenters. The van der Waals surface area contributed by atoms with E-state index in [0.29, 0.717) is 11.7 Å². The van der Waals surface area contributed by atoms with Crippen LogP contribution in [0.1, 0.15) is 19.8 Å². The number of hydrogen-bond acceptors (Lipinski definition) is 4. The molecule has 1 aromatic heterocycles. The van der Waals surface area contributed by atoms with Gasteiger partial charge in [-0.2, -0.15) is 0 Å². The molecule has 2 rings (SSSR count). The Morgan fingerprint density at radius 3 is 3.07 bits per heavy atom. The molecule has 0 radical (unpaired) electrons. The summed E-state index contributed by atoms with van der Waals surface area (Å²) >= 11 is 7.29. The van der Waals surface area contributed by atoms with Gasteiger partial charge in [-0.1, -0.05) is 11.6 Å². The second-order valence-corrected chi connectivity index (χ2v) is 5.20. The molecule has 1 fully saturated rings. The van der Waals surface area contributed by atoms with Crippen LogP contribution in [0.3, 0.4) is 0 Å². The molecule has 78 valence electrons. The lowest BCUT2D eigenvalue weighted by atomic mass is 9.96. The van der Waals surface area contributed by atoms with Crippen molar-refractivity contribution in [1.82, 2.24) is 4.98 Å². The van der Waals surface area contributed by atoms with Gasteiger partial charge in [-0.15, -0.1) is 11.3 Å². The number of nitrogens with zero attached hydrogens (tertiary/aromatic N) is 2. The Kier molecular flexibility index (Phi) is 2.68. The van der Waals surface area contributed by atoms with Crippen LogP contribution in [0.15, 0.2) is 5.38 Å². The number of halogens is 1. The second-order valence-electron chi connectivity index (χ2n) is 3.97. The van der Waals surface area contributed by atoms with Crippen LogP contribution in [0, 0.1) is 0 Å². The average Bonchev–Trinajstić information content (AvgIpc) is 2.50. The fourth-order valence-electron chi connectivity index (χ4n) is 1.77. The number of thiazole rings is 1. The normalized spacial score (nSPS) is 28.1. The number of aromatic nitrogens is 1. The van der Waals surface area contributed by atoms with E-state index in [2.05, 4.69) is 9.88 Å². The molecule has 14 heavy (non-hydrogen) atoms. The van der Waals surface area contributed by atoms with Gasteiger partial charge in [0.1, 0.15) is 5.15 Å². The van der Waals surface area contributed by atoms with Crippen LogP contribution in [-0.2, 0) is 0 Å². The molecule has 3 nitrogen and oxygen atoms in total. The summed E-state index contributed by atoms with van der Waals surface area (Å²) in [5.74, 6) is 0. The molecule has 1 N–H and O–H groups in total. The molecule has 0 aromatic carbocycles. The van der Waals surface area contributed by atoms with Crippen LogP contribution in [0.2, 0.25) is 5.15 Å². The van der Waals surface area contributed by atoms with Crippen molar-refractivity contribution in [2.45, 2.75) is 25.4 Å². The number of anilines is 1. The standard InChI is InChI=1S/C9H13ClN2OS/c1-9(13)3-2-4-12(6-9)8-11-7(10)5-14-8/h5,13H,2-4,6H2,1H3. The SMILES string of the molecule is CC1(O)CCCN(c2nc(Cl)cs2)C1. The first-order chi connectivity index (χ1) is 6.57. The first-order valence-electron chi connectivity index (χ1n) is 4.65. The van der Waals surface area contributed by atoms with Crippen molar-refractivity contribution in [3.05, 3.63) is 10.5 Å². The van der Waals surface area contributed by atoms with Crippen molar-refractivity contribution in [1.29, 1.82) is 0 Å². The van der Waals surface area contributed by atoms with Gasteiger partial charge in [-0.3, -0.25) is 0 Å². The van der Waals surface area contributed by atoms with E-state index < -0.39 is 5.60 Å². The highest BCUT2D eigenvalue weighted by molar-refractivity contribution is 7.14.